The lowest BCUT2D eigenvalue weighted by atomic mass is 10.1. The van der Waals surface area contributed by atoms with Crippen molar-refractivity contribution in [2.24, 2.45) is 0 Å². The van der Waals surface area contributed by atoms with Gasteiger partial charge in [0.1, 0.15) is 12.2 Å². The molecule has 184 valence electrons. The molecule has 9 heteroatoms. The fourth-order valence-electron chi connectivity index (χ4n) is 3.66. The highest BCUT2D eigenvalue weighted by atomic mass is 35.5. The number of amides is 4. The first-order valence-corrected chi connectivity index (χ1v) is 11.7. The predicted molar refractivity (Wildman–Crippen MR) is 139 cm³/mol. The van der Waals surface area contributed by atoms with Gasteiger partial charge in [0.2, 0.25) is 0 Å². The van der Waals surface area contributed by atoms with Crippen LogP contribution in [0.2, 0.25) is 10.0 Å². The van der Waals surface area contributed by atoms with Crippen molar-refractivity contribution in [2.45, 2.75) is 20.5 Å². The Hall–Kier alpha value is -3.81. The summed E-state index contributed by atoms with van der Waals surface area (Å²) in [4.78, 5) is 38.9. The van der Waals surface area contributed by atoms with Gasteiger partial charge in [-0.2, -0.15) is 0 Å². The molecule has 4 rings (SSSR count). The Morgan fingerprint density at radius 1 is 0.944 bits per heavy atom. The van der Waals surface area contributed by atoms with Crippen molar-refractivity contribution in [1.29, 1.82) is 0 Å². The number of rotatable bonds is 6. The molecule has 1 aliphatic heterocycles. The predicted octanol–water partition coefficient (Wildman–Crippen LogP) is 5.86. The minimum Gasteiger partial charge on any atom is -0.493 e. The summed E-state index contributed by atoms with van der Waals surface area (Å²) in [6, 6.07) is 14.4. The van der Waals surface area contributed by atoms with Gasteiger partial charge in [-0.25, -0.2) is 9.69 Å². The fraction of sp³-hybridized carbons (Fsp3) is 0.148. The van der Waals surface area contributed by atoms with E-state index in [1.165, 1.54) is 30.9 Å². The van der Waals surface area contributed by atoms with Crippen LogP contribution in [-0.4, -0.2) is 25.0 Å². The van der Waals surface area contributed by atoms with Crippen LogP contribution in [0.1, 0.15) is 22.3 Å². The number of aryl methyl sites for hydroxylation is 2. The van der Waals surface area contributed by atoms with Gasteiger partial charge < -0.3 is 9.47 Å². The van der Waals surface area contributed by atoms with Crippen LogP contribution in [0, 0.1) is 13.8 Å². The van der Waals surface area contributed by atoms with E-state index in [1.807, 2.05) is 32.0 Å². The van der Waals surface area contributed by atoms with E-state index in [2.05, 4.69) is 5.32 Å². The number of nitrogens with zero attached hydrogens (tertiary/aromatic N) is 1. The summed E-state index contributed by atoms with van der Waals surface area (Å²) >= 11 is 12.4. The summed E-state index contributed by atoms with van der Waals surface area (Å²) in [5.74, 6) is -0.944. The van der Waals surface area contributed by atoms with E-state index >= 15 is 0 Å². The molecule has 0 saturated carbocycles. The normalized spacial score (nSPS) is 14.8. The molecule has 0 bridgehead atoms. The van der Waals surface area contributed by atoms with E-state index < -0.39 is 17.8 Å². The molecule has 0 radical (unpaired) electrons. The highest BCUT2D eigenvalue weighted by Gasteiger charge is 2.36. The minimum absolute atomic E-state index is 0.235. The highest BCUT2D eigenvalue weighted by molar-refractivity contribution is 6.39. The maximum absolute atomic E-state index is 13.1. The molecule has 1 fully saturated rings. The van der Waals surface area contributed by atoms with Crippen molar-refractivity contribution in [3.63, 3.8) is 0 Å². The van der Waals surface area contributed by atoms with Crippen LogP contribution in [0.3, 0.4) is 0 Å². The van der Waals surface area contributed by atoms with Crippen LogP contribution < -0.4 is 19.7 Å². The Labute approximate surface area is 218 Å². The van der Waals surface area contributed by atoms with Crippen LogP contribution in [-0.2, 0) is 16.2 Å². The Bertz CT molecular complexity index is 1400. The van der Waals surface area contributed by atoms with E-state index in [0.29, 0.717) is 22.1 Å². The molecule has 1 saturated heterocycles. The van der Waals surface area contributed by atoms with Crippen LogP contribution in [0.25, 0.3) is 6.08 Å². The Kier molecular flexibility index (Phi) is 7.33. The van der Waals surface area contributed by atoms with Crippen molar-refractivity contribution in [3.05, 3.63) is 92.5 Å². The number of nitrogens with one attached hydrogen (secondary N) is 1. The van der Waals surface area contributed by atoms with Gasteiger partial charge in [-0.3, -0.25) is 14.9 Å². The zero-order valence-corrected chi connectivity index (χ0v) is 21.2. The number of urea groups is 1. The van der Waals surface area contributed by atoms with Crippen LogP contribution in [0.15, 0.2) is 60.2 Å². The monoisotopic (exact) mass is 524 g/mol. The highest BCUT2D eigenvalue weighted by Crippen LogP contribution is 2.38. The number of halogens is 2. The second kappa shape index (κ2) is 10.4. The maximum atomic E-state index is 13.1. The zero-order valence-electron chi connectivity index (χ0n) is 19.7. The zero-order chi connectivity index (χ0) is 26.0. The molecule has 0 aromatic heterocycles. The fourth-order valence-corrected chi connectivity index (χ4v) is 4.06. The summed E-state index contributed by atoms with van der Waals surface area (Å²) in [6.45, 7) is 4.34. The number of ether oxygens (including phenoxy) is 2. The molecule has 0 aliphatic carbocycles. The smallest absolute Gasteiger partial charge is 0.335 e. The van der Waals surface area contributed by atoms with E-state index in [0.717, 1.165) is 16.0 Å². The lowest BCUT2D eigenvalue weighted by Gasteiger charge is -2.26. The molecule has 0 unspecified atom stereocenters. The van der Waals surface area contributed by atoms with Crippen LogP contribution >= 0.6 is 23.2 Å². The number of hydrogen-bond acceptors (Lipinski definition) is 5. The van der Waals surface area contributed by atoms with E-state index in [1.54, 1.807) is 24.3 Å². The molecule has 1 aliphatic rings. The van der Waals surface area contributed by atoms with Gasteiger partial charge >= 0.3 is 6.03 Å². The molecule has 3 aromatic carbocycles. The summed E-state index contributed by atoms with van der Waals surface area (Å²) in [6.07, 6.45) is 1.34. The topological polar surface area (TPSA) is 84.9 Å². The van der Waals surface area contributed by atoms with Gasteiger partial charge in [-0.05, 0) is 78.6 Å². The molecule has 0 atom stereocenters. The minimum atomic E-state index is -0.852. The number of hydrogen-bond donors (Lipinski definition) is 1. The summed E-state index contributed by atoms with van der Waals surface area (Å²) in [5, 5.41) is 2.86. The molecule has 1 heterocycles. The first-order valence-electron chi connectivity index (χ1n) is 10.9. The summed E-state index contributed by atoms with van der Waals surface area (Å²) in [7, 11) is 1.46. The lowest BCUT2D eigenvalue weighted by Crippen LogP contribution is -2.54. The molecule has 0 spiro atoms. The third-order valence-electron chi connectivity index (χ3n) is 5.70. The van der Waals surface area contributed by atoms with Gasteiger partial charge in [-0.15, -0.1) is 0 Å². The quantitative estimate of drug-likeness (QED) is 0.322. The maximum Gasteiger partial charge on any atom is 0.335 e. The van der Waals surface area contributed by atoms with Gasteiger partial charge in [0, 0.05) is 5.02 Å². The average molecular weight is 525 g/mol. The molecule has 3 aromatic rings. The Morgan fingerprint density at radius 3 is 2.33 bits per heavy atom. The molecular formula is C27H22Cl2N2O5. The van der Waals surface area contributed by atoms with Gasteiger partial charge in [-0.1, -0.05) is 41.4 Å². The molecule has 1 N–H and O–H groups in total. The van der Waals surface area contributed by atoms with Gasteiger partial charge in [0.15, 0.2) is 11.5 Å². The number of anilines is 1. The SMILES string of the molecule is COc1cc(/C=C2\C(=O)NC(=O)N(c3ccc(Cl)cc3)C2=O)cc(Cl)c1OCc1ccc(C)c(C)c1. The van der Waals surface area contributed by atoms with E-state index in [9.17, 15) is 14.4 Å². The molecule has 36 heavy (non-hydrogen) atoms. The number of barbiturate groups is 1. The van der Waals surface area contributed by atoms with E-state index in [-0.39, 0.29) is 22.9 Å². The van der Waals surface area contributed by atoms with Crippen molar-refractivity contribution < 1.29 is 23.9 Å². The standard InChI is InChI=1S/C27H22Cl2N2O5/c1-15-4-5-17(10-16(15)2)14-36-24-22(29)12-18(13-23(24)35-3)11-21-25(32)30-27(34)31(26(21)33)20-8-6-19(28)7-9-20/h4-13H,14H2,1-3H3,(H,30,32,34)/b21-11+. The number of carbonyl (C=O) groups excluding carboxylic acids is 3. The van der Waals surface area contributed by atoms with Crippen molar-refractivity contribution in [2.75, 3.05) is 12.0 Å². The van der Waals surface area contributed by atoms with Crippen LogP contribution in [0.5, 0.6) is 11.5 Å². The largest absolute Gasteiger partial charge is 0.493 e. The van der Waals surface area contributed by atoms with E-state index in [4.69, 9.17) is 32.7 Å². The van der Waals surface area contributed by atoms with Crippen molar-refractivity contribution in [3.8, 4) is 11.5 Å². The van der Waals surface area contributed by atoms with Crippen molar-refractivity contribution in [1.82, 2.24) is 5.32 Å². The second-order valence-electron chi connectivity index (χ2n) is 8.18. The molecule has 4 amide bonds. The molecule has 7 nitrogen and oxygen atoms in total. The van der Waals surface area contributed by atoms with Crippen molar-refractivity contribution >= 4 is 52.8 Å². The second-order valence-corrected chi connectivity index (χ2v) is 9.02. The summed E-state index contributed by atoms with van der Waals surface area (Å²) < 4.78 is 11.4. The third-order valence-corrected chi connectivity index (χ3v) is 6.24. The van der Waals surface area contributed by atoms with Gasteiger partial charge in [0.05, 0.1) is 17.8 Å². The first kappa shape index (κ1) is 25.3. The van der Waals surface area contributed by atoms with Gasteiger partial charge in [0.25, 0.3) is 11.8 Å². The van der Waals surface area contributed by atoms with Crippen LogP contribution in [0.4, 0.5) is 10.5 Å². The average Bonchev–Trinajstić information content (AvgIpc) is 2.84. The summed E-state index contributed by atoms with van der Waals surface area (Å²) in [5.41, 5.74) is 3.75. The third kappa shape index (κ3) is 5.22. The Morgan fingerprint density at radius 2 is 1.67 bits per heavy atom. The lowest BCUT2D eigenvalue weighted by molar-refractivity contribution is -0.122. The number of methoxy groups -OCH3 is 1. The Balaban J connectivity index is 1.63. The molecular weight excluding hydrogens is 503 g/mol. The first-order chi connectivity index (χ1) is 17.2. The number of carbonyl (C=O) groups is 3. The number of benzene rings is 3. The number of imide groups is 2.